The Hall–Kier alpha value is -3.44. The van der Waals surface area contributed by atoms with Crippen LogP contribution in [0.5, 0.6) is 5.75 Å². The van der Waals surface area contributed by atoms with E-state index in [4.69, 9.17) is 4.74 Å². The second-order valence-corrected chi connectivity index (χ2v) is 8.18. The Morgan fingerprint density at radius 3 is 2.31 bits per heavy atom. The molecule has 0 saturated carbocycles. The topological polar surface area (TPSA) is 126 Å². The van der Waals surface area contributed by atoms with E-state index in [0.717, 1.165) is 11.3 Å². The highest BCUT2D eigenvalue weighted by Crippen LogP contribution is 2.19. The van der Waals surface area contributed by atoms with Gasteiger partial charge in [-0.2, -0.15) is 0 Å². The molecule has 3 rings (SSSR count). The lowest BCUT2D eigenvalue weighted by Crippen LogP contribution is -2.34. The fourth-order valence-corrected chi connectivity index (χ4v) is 4.03. The van der Waals surface area contributed by atoms with Crippen LogP contribution in [0.25, 0.3) is 0 Å². The van der Waals surface area contributed by atoms with Gasteiger partial charge in [-0.15, -0.1) is 11.3 Å². The highest BCUT2D eigenvalue weighted by atomic mass is 32.2. The monoisotopic (exact) mass is 432 g/mol. The van der Waals surface area contributed by atoms with Crippen molar-refractivity contribution < 1.29 is 22.7 Å². The van der Waals surface area contributed by atoms with Crippen molar-refractivity contribution in [1.29, 1.82) is 0 Å². The Morgan fingerprint density at radius 2 is 1.72 bits per heavy atom. The number of rotatable bonds is 6. The fourth-order valence-electron chi connectivity index (χ4n) is 2.25. The van der Waals surface area contributed by atoms with Crippen LogP contribution in [-0.4, -0.2) is 32.4 Å². The summed E-state index contributed by atoms with van der Waals surface area (Å²) in [5, 5.41) is 6.56. The number of imide groups is 1. The molecule has 0 spiro atoms. The first-order valence-corrected chi connectivity index (χ1v) is 10.5. The molecule has 0 bridgehead atoms. The number of hydrogen-bond acceptors (Lipinski definition) is 7. The third-order valence-corrected chi connectivity index (χ3v) is 5.83. The van der Waals surface area contributed by atoms with Crippen LogP contribution in [0.2, 0.25) is 0 Å². The number of benzene rings is 2. The van der Waals surface area contributed by atoms with E-state index in [0.29, 0.717) is 11.4 Å². The van der Waals surface area contributed by atoms with Gasteiger partial charge in [-0.3, -0.25) is 14.8 Å². The molecule has 0 unspecified atom stereocenters. The van der Waals surface area contributed by atoms with Gasteiger partial charge in [0.05, 0.1) is 12.0 Å². The zero-order valence-electron chi connectivity index (χ0n) is 15.1. The number of nitrogens with one attached hydrogen (secondary N) is 3. The van der Waals surface area contributed by atoms with E-state index in [9.17, 15) is 18.0 Å². The predicted molar refractivity (Wildman–Crippen MR) is 109 cm³/mol. The summed E-state index contributed by atoms with van der Waals surface area (Å²) in [5.74, 6) is 0.00221. The normalized spacial score (nSPS) is 10.8. The zero-order chi connectivity index (χ0) is 20.9. The maximum atomic E-state index is 12.3. The number of amides is 3. The standard InChI is InChI=1S/C18H16N4O5S2/c1-27-14-6-2-12(3-7-14)16(23)21-17(24)20-13-4-8-15(9-5-13)29(25,26)22-18-19-10-11-28-18/h2-11H,1H3,(H,19,22)(H2,20,21,23,24). The molecule has 0 radical (unpaired) electrons. The van der Waals surface area contributed by atoms with Crippen molar-refractivity contribution in [1.82, 2.24) is 10.3 Å². The number of nitrogens with zero attached hydrogens (tertiary/aromatic N) is 1. The molecule has 2 aromatic carbocycles. The van der Waals surface area contributed by atoms with Gasteiger partial charge in [-0.05, 0) is 48.5 Å². The van der Waals surface area contributed by atoms with Crippen LogP contribution in [0, 0.1) is 0 Å². The number of ether oxygens (including phenoxy) is 1. The highest BCUT2D eigenvalue weighted by Gasteiger charge is 2.16. The summed E-state index contributed by atoms with van der Waals surface area (Å²) in [4.78, 5) is 28.0. The number of carbonyl (C=O) groups excluding carboxylic acids is 2. The molecule has 3 amide bonds. The molecule has 0 atom stereocenters. The van der Waals surface area contributed by atoms with E-state index in [2.05, 4.69) is 20.3 Å². The quantitative estimate of drug-likeness (QED) is 0.550. The number of urea groups is 1. The first-order chi connectivity index (χ1) is 13.9. The van der Waals surface area contributed by atoms with E-state index < -0.39 is 22.0 Å². The van der Waals surface area contributed by atoms with Gasteiger partial charge in [-0.25, -0.2) is 18.2 Å². The van der Waals surface area contributed by atoms with Crippen LogP contribution in [-0.2, 0) is 10.0 Å². The second kappa shape index (κ2) is 8.71. The maximum Gasteiger partial charge on any atom is 0.326 e. The van der Waals surface area contributed by atoms with E-state index in [1.165, 1.54) is 49.7 Å². The van der Waals surface area contributed by atoms with Crippen LogP contribution < -0.4 is 20.1 Å². The van der Waals surface area contributed by atoms with Crippen molar-refractivity contribution in [3.05, 3.63) is 65.7 Å². The summed E-state index contributed by atoms with van der Waals surface area (Å²) in [6.45, 7) is 0. The number of methoxy groups -OCH3 is 1. The fraction of sp³-hybridized carbons (Fsp3) is 0.0556. The van der Waals surface area contributed by atoms with Gasteiger partial charge in [0, 0.05) is 22.8 Å². The number of carbonyl (C=O) groups is 2. The molecule has 1 heterocycles. The minimum absolute atomic E-state index is 0.00738. The molecule has 0 fully saturated rings. The number of anilines is 2. The molecule has 9 nitrogen and oxygen atoms in total. The molecule has 0 aliphatic carbocycles. The molecule has 3 N–H and O–H groups in total. The van der Waals surface area contributed by atoms with E-state index in [1.807, 2.05) is 0 Å². The Morgan fingerprint density at radius 1 is 1.03 bits per heavy atom. The average molecular weight is 432 g/mol. The summed E-state index contributed by atoms with van der Waals surface area (Å²) in [5.41, 5.74) is 0.605. The SMILES string of the molecule is COc1ccc(C(=O)NC(=O)Nc2ccc(S(=O)(=O)Nc3nccs3)cc2)cc1. The van der Waals surface area contributed by atoms with Crippen molar-refractivity contribution in [2.24, 2.45) is 0 Å². The molecule has 0 aliphatic rings. The molecule has 3 aromatic rings. The van der Waals surface area contributed by atoms with Crippen molar-refractivity contribution >= 4 is 44.1 Å². The van der Waals surface area contributed by atoms with Crippen LogP contribution in [0.3, 0.4) is 0 Å². The molecule has 150 valence electrons. The van der Waals surface area contributed by atoms with E-state index in [1.54, 1.807) is 17.5 Å². The van der Waals surface area contributed by atoms with Gasteiger partial charge in [0.1, 0.15) is 5.75 Å². The Balaban J connectivity index is 1.60. The molecule has 0 aliphatic heterocycles. The zero-order valence-corrected chi connectivity index (χ0v) is 16.7. The van der Waals surface area contributed by atoms with E-state index >= 15 is 0 Å². The Bertz CT molecular complexity index is 1100. The first kappa shape index (κ1) is 20.3. The highest BCUT2D eigenvalue weighted by molar-refractivity contribution is 7.93. The lowest BCUT2D eigenvalue weighted by Gasteiger charge is -2.09. The molecular formula is C18H16N4O5S2. The summed E-state index contributed by atoms with van der Waals surface area (Å²) in [7, 11) is -2.28. The molecule has 29 heavy (non-hydrogen) atoms. The van der Waals surface area contributed by atoms with Gasteiger partial charge < -0.3 is 10.1 Å². The van der Waals surface area contributed by atoms with Gasteiger partial charge in [0.2, 0.25) is 0 Å². The third-order valence-electron chi connectivity index (χ3n) is 3.66. The van der Waals surface area contributed by atoms with Crippen LogP contribution >= 0.6 is 11.3 Å². The minimum Gasteiger partial charge on any atom is -0.497 e. The number of thiazole rings is 1. The largest absolute Gasteiger partial charge is 0.497 e. The van der Waals surface area contributed by atoms with Crippen molar-refractivity contribution in [3.8, 4) is 5.75 Å². The lowest BCUT2D eigenvalue weighted by atomic mass is 10.2. The Labute approximate surface area is 170 Å². The van der Waals surface area contributed by atoms with Crippen molar-refractivity contribution in [2.45, 2.75) is 4.90 Å². The van der Waals surface area contributed by atoms with Gasteiger partial charge in [0.15, 0.2) is 5.13 Å². The second-order valence-electron chi connectivity index (χ2n) is 5.60. The van der Waals surface area contributed by atoms with Crippen LogP contribution in [0.4, 0.5) is 15.6 Å². The molecular weight excluding hydrogens is 416 g/mol. The van der Waals surface area contributed by atoms with Gasteiger partial charge in [0.25, 0.3) is 15.9 Å². The maximum absolute atomic E-state index is 12.3. The summed E-state index contributed by atoms with van der Waals surface area (Å²) >= 11 is 1.16. The van der Waals surface area contributed by atoms with Gasteiger partial charge in [-0.1, -0.05) is 0 Å². The van der Waals surface area contributed by atoms with Crippen molar-refractivity contribution in [3.63, 3.8) is 0 Å². The van der Waals surface area contributed by atoms with Crippen LogP contribution in [0.15, 0.2) is 65.0 Å². The first-order valence-electron chi connectivity index (χ1n) is 8.16. The smallest absolute Gasteiger partial charge is 0.326 e. The minimum atomic E-state index is -3.78. The summed E-state index contributed by atoms with van der Waals surface area (Å²) in [6.07, 6.45) is 1.49. The predicted octanol–water partition coefficient (Wildman–Crippen LogP) is 2.91. The number of hydrogen-bond donors (Lipinski definition) is 3. The Kier molecular flexibility index (Phi) is 6.10. The molecule has 0 saturated heterocycles. The third kappa shape index (κ3) is 5.30. The van der Waals surface area contributed by atoms with E-state index in [-0.39, 0.29) is 15.6 Å². The van der Waals surface area contributed by atoms with Crippen molar-refractivity contribution in [2.75, 3.05) is 17.1 Å². The lowest BCUT2D eigenvalue weighted by molar-refractivity contribution is 0.0967. The van der Waals surface area contributed by atoms with Gasteiger partial charge >= 0.3 is 6.03 Å². The summed E-state index contributed by atoms with van der Waals surface area (Å²) < 4.78 is 31.9. The number of sulfonamides is 1. The average Bonchev–Trinajstić information content (AvgIpc) is 3.20. The van der Waals surface area contributed by atoms with Crippen LogP contribution in [0.1, 0.15) is 10.4 Å². The molecule has 1 aromatic heterocycles. The number of aromatic nitrogens is 1. The summed E-state index contributed by atoms with van der Waals surface area (Å²) in [6, 6.07) is 11.0. The molecule has 11 heteroatoms.